The van der Waals surface area contributed by atoms with Crippen LogP contribution in [0.2, 0.25) is 0 Å². The monoisotopic (exact) mass is 1380 g/mol. The Balaban J connectivity index is 5.15. The van der Waals surface area contributed by atoms with Crippen LogP contribution in [0.25, 0.3) is 0 Å². The summed E-state index contributed by atoms with van der Waals surface area (Å²) in [4.78, 5) is 72.6. The molecule has 0 saturated heterocycles. The van der Waals surface area contributed by atoms with Gasteiger partial charge in [0.15, 0.2) is 12.2 Å². The molecule has 0 radical (unpaired) electrons. The second-order valence-electron chi connectivity index (χ2n) is 28.5. The molecule has 0 spiro atoms. The first kappa shape index (κ1) is 92.1. The van der Waals surface area contributed by atoms with Crippen molar-refractivity contribution in [1.82, 2.24) is 0 Å². The van der Waals surface area contributed by atoms with E-state index in [4.69, 9.17) is 37.0 Å². The molecule has 94 heavy (non-hydrogen) atoms. The third kappa shape index (κ3) is 66.0. The highest BCUT2D eigenvalue weighted by atomic mass is 31.2. The lowest BCUT2D eigenvalue weighted by Gasteiger charge is -2.21. The Morgan fingerprint density at radius 2 is 0.511 bits per heavy atom. The van der Waals surface area contributed by atoms with Crippen LogP contribution in [0.1, 0.15) is 376 Å². The number of rotatable bonds is 72. The van der Waals surface area contributed by atoms with E-state index in [1.54, 1.807) is 0 Å². The Hall–Kier alpha value is -1.94. The van der Waals surface area contributed by atoms with E-state index in [9.17, 15) is 43.2 Å². The van der Waals surface area contributed by atoms with Crippen molar-refractivity contribution < 1.29 is 80.2 Å². The third-order valence-electron chi connectivity index (χ3n) is 18.0. The predicted octanol–water partition coefficient (Wildman–Crippen LogP) is 21.7. The van der Waals surface area contributed by atoms with Gasteiger partial charge in [0.1, 0.15) is 19.3 Å². The molecule has 0 amide bonds. The van der Waals surface area contributed by atoms with Crippen molar-refractivity contribution in [3.8, 4) is 0 Å². The van der Waals surface area contributed by atoms with Crippen LogP contribution in [-0.4, -0.2) is 96.7 Å². The molecule has 558 valence electrons. The number of hydrogen-bond acceptors (Lipinski definition) is 15. The van der Waals surface area contributed by atoms with Gasteiger partial charge in [-0.2, -0.15) is 0 Å². The quantitative estimate of drug-likeness (QED) is 0.0222. The van der Waals surface area contributed by atoms with Gasteiger partial charge < -0.3 is 33.8 Å². The van der Waals surface area contributed by atoms with Gasteiger partial charge in [-0.25, -0.2) is 9.13 Å². The molecule has 19 heteroatoms. The molecule has 0 aliphatic rings. The van der Waals surface area contributed by atoms with Crippen LogP contribution in [-0.2, 0) is 65.4 Å². The smallest absolute Gasteiger partial charge is 0.462 e. The molecule has 0 aromatic heterocycles. The number of phosphoric ester groups is 2. The maximum absolute atomic E-state index is 13.0. The van der Waals surface area contributed by atoms with Gasteiger partial charge in [-0.3, -0.25) is 37.3 Å². The fourth-order valence-electron chi connectivity index (χ4n) is 11.3. The molecule has 4 unspecified atom stereocenters. The minimum absolute atomic E-state index is 0.102. The van der Waals surface area contributed by atoms with Crippen LogP contribution in [0.4, 0.5) is 0 Å². The molecule has 7 atom stereocenters. The SMILES string of the molecule is CCC(C)CCCCCCCCCCCCCCCCC(=O)OC[C@H](COP(=O)(O)OC[C@@H](O)COP(=O)(O)OC[C@@H](COC(=O)CCCCCCCCC(C)C)OC(=O)CCCCCCCCCCCCCCCCC(C)CC)OC(=O)CCCCCCCCC(C)C. The lowest BCUT2D eigenvalue weighted by Crippen LogP contribution is -2.30. The van der Waals surface area contributed by atoms with Gasteiger partial charge in [-0.15, -0.1) is 0 Å². The Labute approximate surface area is 575 Å². The fourth-order valence-corrected chi connectivity index (χ4v) is 12.9. The second kappa shape index (κ2) is 64.4. The minimum atomic E-state index is -4.95. The van der Waals surface area contributed by atoms with Gasteiger partial charge in [0.05, 0.1) is 26.4 Å². The highest BCUT2D eigenvalue weighted by Crippen LogP contribution is 2.45. The molecular weight excluding hydrogens is 1230 g/mol. The van der Waals surface area contributed by atoms with Crippen molar-refractivity contribution in [1.29, 1.82) is 0 Å². The van der Waals surface area contributed by atoms with Crippen molar-refractivity contribution in [3.05, 3.63) is 0 Å². The second-order valence-corrected chi connectivity index (χ2v) is 31.4. The van der Waals surface area contributed by atoms with Crippen molar-refractivity contribution in [2.24, 2.45) is 23.7 Å². The van der Waals surface area contributed by atoms with Gasteiger partial charge >= 0.3 is 39.5 Å². The molecule has 17 nitrogen and oxygen atoms in total. The Bertz CT molecular complexity index is 1850. The van der Waals surface area contributed by atoms with Crippen LogP contribution in [0.15, 0.2) is 0 Å². The highest BCUT2D eigenvalue weighted by Gasteiger charge is 2.30. The van der Waals surface area contributed by atoms with Gasteiger partial charge in [0, 0.05) is 25.7 Å². The maximum atomic E-state index is 13.0. The van der Waals surface area contributed by atoms with E-state index < -0.39 is 97.5 Å². The van der Waals surface area contributed by atoms with Gasteiger partial charge in [0.25, 0.3) is 0 Å². The largest absolute Gasteiger partial charge is 0.472 e. The van der Waals surface area contributed by atoms with E-state index in [0.29, 0.717) is 37.5 Å². The topological polar surface area (TPSA) is 237 Å². The summed E-state index contributed by atoms with van der Waals surface area (Å²) in [5.74, 6) is 0.916. The number of carbonyl (C=O) groups excluding carboxylic acids is 4. The zero-order valence-electron chi connectivity index (χ0n) is 61.6. The van der Waals surface area contributed by atoms with E-state index in [0.717, 1.165) is 108 Å². The Kier molecular flexibility index (Phi) is 63.1. The van der Waals surface area contributed by atoms with Gasteiger partial charge in [-0.05, 0) is 49.4 Å². The first-order valence-corrected chi connectivity index (χ1v) is 41.8. The minimum Gasteiger partial charge on any atom is -0.462 e. The normalized spacial score (nSPS) is 14.7. The van der Waals surface area contributed by atoms with Crippen LogP contribution in [0.3, 0.4) is 0 Å². The van der Waals surface area contributed by atoms with E-state index in [2.05, 4.69) is 55.4 Å². The summed E-state index contributed by atoms with van der Waals surface area (Å²) in [5.41, 5.74) is 0. The summed E-state index contributed by atoms with van der Waals surface area (Å²) in [5, 5.41) is 10.6. The van der Waals surface area contributed by atoms with Crippen LogP contribution < -0.4 is 0 Å². The van der Waals surface area contributed by atoms with Crippen LogP contribution in [0, 0.1) is 23.7 Å². The summed E-state index contributed by atoms with van der Waals surface area (Å²) < 4.78 is 68.4. The molecule has 0 aliphatic heterocycles. The van der Waals surface area contributed by atoms with Crippen molar-refractivity contribution in [2.75, 3.05) is 39.6 Å². The van der Waals surface area contributed by atoms with E-state index in [1.807, 2.05) is 0 Å². The molecule has 0 aromatic rings. The molecule has 0 aliphatic carbocycles. The average Bonchev–Trinajstić information content (AvgIpc) is 1.57. The number of aliphatic hydroxyl groups is 1. The lowest BCUT2D eigenvalue weighted by molar-refractivity contribution is -0.161. The molecule has 0 aromatic carbocycles. The third-order valence-corrected chi connectivity index (χ3v) is 19.9. The summed E-state index contributed by atoms with van der Waals surface area (Å²) in [6.45, 7) is 14.1. The zero-order chi connectivity index (χ0) is 69.6. The molecule has 0 saturated carbocycles. The highest BCUT2D eigenvalue weighted by molar-refractivity contribution is 7.47. The molecule has 0 fully saturated rings. The number of unbranched alkanes of at least 4 members (excludes halogenated alkanes) is 36. The number of hydrogen-bond donors (Lipinski definition) is 3. The predicted molar refractivity (Wildman–Crippen MR) is 381 cm³/mol. The first-order chi connectivity index (χ1) is 45.2. The zero-order valence-corrected chi connectivity index (χ0v) is 63.4. The number of ether oxygens (including phenoxy) is 4. The fraction of sp³-hybridized carbons (Fsp3) is 0.947. The Morgan fingerprint density at radius 1 is 0.298 bits per heavy atom. The van der Waals surface area contributed by atoms with Crippen molar-refractivity contribution in [2.45, 2.75) is 395 Å². The first-order valence-electron chi connectivity index (χ1n) is 38.8. The van der Waals surface area contributed by atoms with Gasteiger partial charge in [-0.1, -0.05) is 325 Å². The molecule has 0 heterocycles. The number of esters is 4. The molecule has 3 N–H and O–H groups in total. The molecular formula is C75H146O17P2. The van der Waals surface area contributed by atoms with E-state index >= 15 is 0 Å². The summed E-state index contributed by atoms with van der Waals surface area (Å²) in [7, 11) is -9.91. The molecule has 0 bridgehead atoms. The van der Waals surface area contributed by atoms with E-state index in [1.165, 1.54) is 173 Å². The van der Waals surface area contributed by atoms with Crippen LogP contribution >= 0.6 is 15.6 Å². The Morgan fingerprint density at radius 3 is 0.755 bits per heavy atom. The van der Waals surface area contributed by atoms with Crippen LogP contribution in [0.5, 0.6) is 0 Å². The van der Waals surface area contributed by atoms with E-state index in [-0.39, 0.29) is 25.7 Å². The lowest BCUT2D eigenvalue weighted by atomic mass is 9.99. The van der Waals surface area contributed by atoms with Gasteiger partial charge in [0.2, 0.25) is 0 Å². The number of carbonyl (C=O) groups is 4. The number of aliphatic hydroxyl groups excluding tert-OH is 1. The van der Waals surface area contributed by atoms with Crippen molar-refractivity contribution in [3.63, 3.8) is 0 Å². The maximum Gasteiger partial charge on any atom is 0.472 e. The van der Waals surface area contributed by atoms with Crippen molar-refractivity contribution >= 4 is 39.5 Å². The summed E-state index contributed by atoms with van der Waals surface area (Å²) >= 11 is 0. The average molecular weight is 1380 g/mol. The standard InChI is InChI=1S/C75H146O17P2/c1-9-67(7)53-45-37-27-23-19-15-11-13-17-21-25-29-39-47-55-72(77)85-61-71(92-75(80)58-50-42-34-32-36-44-52-66(5)6)64-90-94(83,84)88-60-69(76)59-87-93(81,82)89-63-70(62-86-73(78)56-48-40-33-31-35-43-51-65(3)4)91-74(79)57-49-41-30-26-22-18-14-12-16-20-24-28-38-46-54-68(8)10-2/h65-71,76H,9-64H2,1-8H3,(H,81,82)(H,83,84)/t67?,68?,69-,70+,71+/m0/s1. The molecule has 0 rings (SSSR count). The number of phosphoric acid groups is 2. The summed E-state index contributed by atoms with van der Waals surface area (Å²) in [6.07, 6.45) is 48.9. The summed E-state index contributed by atoms with van der Waals surface area (Å²) in [6, 6.07) is 0.